The molecule has 0 aliphatic carbocycles. The zero-order chi connectivity index (χ0) is 19.8. The van der Waals surface area contributed by atoms with Crippen molar-refractivity contribution in [1.29, 1.82) is 0 Å². The van der Waals surface area contributed by atoms with Crippen LogP contribution in [0.3, 0.4) is 0 Å². The van der Waals surface area contributed by atoms with Crippen molar-refractivity contribution >= 4 is 29.0 Å². The highest BCUT2D eigenvalue weighted by Crippen LogP contribution is 2.24. The van der Waals surface area contributed by atoms with Gasteiger partial charge in [-0.2, -0.15) is 0 Å². The number of anilines is 2. The topological polar surface area (TPSA) is 84.5 Å². The van der Waals surface area contributed by atoms with E-state index in [1.165, 1.54) is 43.3 Å². The van der Waals surface area contributed by atoms with Gasteiger partial charge in [0.05, 0.1) is 5.56 Å². The summed E-state index contributed by atoms with van der Waals surface area (Å²) in [6.45, 7) is 2.95. The summed E-state index contributed by atoms with van der Waals surface area (Å²) in [5.74, 6) is -1.00. The van der Waals surface area contributed by atoms with E-state index in [2.05, 4.69) is 10.6 Å². The second-order valence-corrected chi connectivity index (χ2v) is 5.91. The normalized spacial score (nSPS) is 10.2. The molecule has 2 rings (SSSR count). The summed E-state index contributed by atoms with van der Waals surface area (Å²) < 4.78 is 18.3. The van der Waals surface area contributed by atoms with Crippen LogP contribution in [0.15, 0.2) is 42.5 Å². The molecule has 0 heterocycles. The smallest absolute Gasteiger partial charge is 0.262 e. The van der Waals surface area contributed by atoms with Gasteiger partial charge in [0.25, 0.3) is 5.91 Å². The Morgan fingerprint density at radius 1 is 0.963 bits per heavy atom. The summed E-state index contributed by atoms with van der Waals surface area (Å²) in [5.41, 5.74) is 1.19. The number of carbonyl (C=O) groups is 3. The second kappa shape index (κ2) is 9.47. The van der Waals surface area contributed by atoms with Crippen molar-refractivity contribution in [2.75, 3.05) is 17.2 Å². The van der Waals surface area contributed by atoms with E-state index < -0.39 is 11.7 Å². The molecule has 0 aliphatic rings. The molecule has 2 aromatic carbocycles. The molecule has 0 spiro atoms. The largest absolute Gasteiger partial charge is 0.483 e. The molecule has 0 saturated heterocycles. The maximum atomic E-state index is 12.9. The molecule has 6 nitrogen and oxygen atoms in total. The standard InChI is InChI=1S/C20H21FN2O4/c1-3-4-19(25)23-16-9-10-18(17(11-16)13(2)24)27-12-20(26)22-15-7-5-14(21)6-8-15/h5-11H,3-4,12H2,1-2H3,(H,22,26)(H,23,25). The maximum absolute atomic E-state index is 12.9. The van der Waals surface area contributed by atoms with Gasteiger partial charge in [0.15, 0.2) is 12.4 Å². The van der Waals surface area contributed by atoms with Crippen LogP contribution < -0.4 is 15.4 Å². The molecule has 0 aliphatic heterocycles. The summed E-state index contributed by atoms with van der Waals surface area (Å²) in [5, 5.41) is 5.28. The third-order valence-corrected chi connectivity index (χ3v) is 3.61. The third-order valence-electron chi connectivity index (χ3n) is 3.61. The van der Waals surface area contributed by atoms with Gasteiger partial charge < -0.3 is 15.4 Å². The molecule has 0 bridgehead atoms. The van der Waals surface area contributed by atoms with Crippen molar-refractivity contribution in [3.8, 4) is 5.75 Å². The SMILES string of the molecule is CCCC(=O)Nc1ccc(OCC(=O)Nc2ccc(F)cc2)c(C(C)=O)c1. The molecule has 27 heavy (non-hydrogen) atoms. The number of benzene rings is 2. The Morgan fingerprint density at radius 2 is 1.59 bits per heavy atom. The molecule has 2 N–H and O–H groups in total. The van der Waals surface area contributed by atoms with E-state index in [4.69, 9.17) is 4.74 Å². The number of amides is 2. The highest BCUT2D eigenvalue weighted by Gasteiger charge is 2.13. The number of ketones is 1. The fourth-order valence-corrected chi connectivity index (χ4v) is 2.33. The quantitative estimate of drug-likeness (QED) is 0.691. The molecule has 0 unspecified atom stereocenters. The highest BCUT2D eigenvalue weighted by molar-refractivity contribution is 5.99. The Kier molecular flexibility index (Phi) is 7.05. The molecule has 0 radical (unpaired) electrons. The lowest BCUT2D eigenvalue weighted by molar-refractivity contribution is -0.118. The number of ether oxygens (including phenoxy) is 1. The van der Waals surface area contributed by atoms with Gasteiger partial charge in [0, 0.05) is 17.8 Å². The van der Waals surface area contributed by atoms with Gasteiger partial charge in [-0.15, -0.1) is 0 Å². The summed E-state index contributed by atoms with van der Waals surface area (Å²) in [6, 6.07) is 9.98. The fraction of sp³-hybridized carbons (Fsp3) is 0.250. The number of hydrogen-bond acceptors (Lipinski definition) is 4. The predicted molar refractivity (Wildman–Crippen MR) is 101 cm³/mol. The minimum Gasteiger partial charge on any atom is -0.483 e. The maximum Gasteiger partial charge on any atom is 0.262 e. The van der Waals surface area contributed by atoms with Crippen LogP contribution in [0.2, 0.25) is 0 Å². The molecule has 2 aromatic rings. The van der Waals surface area contributed by atoms with Crippen molar-refractivity contribution in [1.82, 2.24) is 0 Å². The van der Waals surface area contributed by atoms with E-state index in [9.17, 15) is 18.8 Å². The van der Waals surface area contributed by atoms with Crippen LogP contribution in [0.4, 0.5) is 15.8 Å². The van der Waals surface area contributed by atoms with Crippen molar-refractivity contribution < 1.29 is 23.5 Å². The average molecular weight is 372 g/mol. The number of Topliss-reactive ketones (excluding diaryl/α,β-unsaturated/α-hetero) is 1. The molecule has 0 aromatic heterocycles. The molecule has 2 amide bonds. The first-order chi connectivity index (χ1) is 12.9. The zero-order valence-corrected chi connectivity index (χ0v) is 15.2. The number of halogens is 1. The van der Waals surface area contributed by atoms with Crippen molar-refractivity contribution in [2.45, 2.75) is 26.7 Å². The first-order valence-corrected chi connectivity index (χ1v) is 8.52. The lowest BCUT2D eigenvalue weighted by Crippen LogP contribution is -2.21. The summed E-state index contributed by atoms with van der Waals surface area (Å²) in [6.07, 6.45) is 1.10. The van der Waals surface area contributed by atoms with Crippen LogP contribution in [0, 0.1) is 5.82 Å². The van der Waals surface area contributed by atoms with Gasteiger partial charge in [-0.3, -0.25) is 14.4 Å². The van der Waals surface area contributed by atoms with Crippen molar-refractivity contribution in [3.63, 3.8) is 0 Å². The van der Waals surface area contributed by atoms with Gasteiger partial charge in [-0.05, 0) is 55.8 Å². The van der Waals surface area contributed by atoms with Crippen LogP contribution >= 0.6 is 0 Å². The molecular weight excluding hydrogens is 351 g/mol. The Balaban J connectivity index is 2.02. The molecule has 142 valence electrons. The van der Waals surface area contributed by atoms with Gasteiger partial charge in [0.2, 0.25) is 5.91 Å². The van der Waals surface area contributed by atoms with E-state index in [1.807, 2.05) is 6.92 Å². The minimum absolute atomic E-state index is 0.139. The number of hydrogen-bond donors (Lipinski definition) is 2. The first-order valence-electron chi connectivity index (χ1n) is 8.52. The van der Waals surface area contributed by atoms with Crippen molar-refractivity contribution in [2.24, 2.45) is 0 Å². The summed E-state index contributed by atoms with van der Waals surface area (Å²) in [4.78, 5) is 35.5. The van der Waals surface area contributed by atoms with Crippen LogP contribution in [0.5, 0.6) is 5.75 Å². The fourth-order valence-electron chi connectivity index (χ4n) is 2.33. The van der Waals surface area contributed by atoms with E-state index in [0.29, 0.717) is 17.8 Å². The Labute approximate surface area is 156 Å². The second-order valence-electron chi connectivity index (χ2n) is 5.91. The van der Waals surface area contributed by atoms with Crippen LogP contribution in [0.1, 0.15) is 37.0 Å². The minimum atomic E-state index is -0.448. The third kappa shape index (κ3) is 6.22. The van der Waals surface area contributed by atoms with E-state index >= 15 is 0 Å². The number of nitrogens with one attached hydrogen (secondary N) is 2. The predicted octanol–water partition coefficient (Wildman–Crippen LogP) is 3.78. The molecule has 0 fully saturated rings. The number of rotatable bonds is 8. The Hall–Kier alpha value is -3.22. The number of carbonyl (C=O) groups excluding carboxylic acids is 3. The van der Waals surface area contributed by atoms with Gasteiger partial charge in [-0.25, -0.2) is 4.39 Å². The molecular formula is C20H21FN2O4. The monoisotopic (exact) mass is 372 g/mol. The van der Waals surface area contributed by atoms with Crippen LogP contribution in [-0.2, 0) is 9.59 Å². The highest BCUT2D eigenvalue weighted by atomic mass is 19.1. The van der Waals surface area contributed by atoms with Gasteiger partial charge >= 0.3 is 0 Å². The molecule has 7 heteroatoms. The lowest BCUT2D eigenvalue weighted by Gasteiger charge is -2.12. The molecule has 0 saturated carbocycles. The zero-order valence-electron chi connectivity index (χ0n) is 15.2. The van der Waals surface area contributed by atoms with Crippen LogP contribution in [-0.4, -0.2) is 24.2 Å². The van der Waals surface area contributed by atoms with Crippen LogP contribution in [0.25, 0.3) is 0 Å². The van der Waals surface area contributed by atoms with E-state index in [1.54, 1.807) is 6.07 Å². The van der Waals surface area contributed by atoms with Crippen molar-refractivity contribution in [3.05, 3.63) is 53.8 Å². The first kappa shape index (κ1) is 20.1. The van der Waals surface area contributed by atoms with E-state index in [-0.39, 0.29) is 29.6 Å². The lowest BCUT2D eigenvalue weighted by atomic mass is 10.1. The summed E-state index contributed by atoms with van der Waals surface area (Å²) >= 11 is 0. The Morgan fingerprint density at radius 3 is 2.22 bits per heavy atom. The van der Waals surface area contributed by atoms with E-state index in [0.717, 1.165) is 6.42 Å². The average Bonchev–Trinajstić information content (AvgIpc) is 2.62. The summed E-state index contributed by atoms with van der Waals surface area (Å²) in [7, 11) is 0. The van der Waals surface area contributed by atoms with Gasteiger partial charge in [-0.1, -0.05) is 6.92 Å². The Bertz CT molecular complexity index is 834. The molecule has 0 atom stereocenters. The van der Waals surface area contributed by atoms with Gasteiger partial charge in [0.1, 0.15) is 11.6 Å².